The van der Waals surface area contributed by atoms with Crippen molar-refractivity contribution < 1.29 is 9.13 Å². The summed E-state index contributed by atoms with van der Waals surface area (Å²) in [6.07, 6.45) is 0. The van der Waals surface area contributed by atoms with Crippen molar-refractivity contribution in [3.05, 3.63) is 59.9 Å². The number of anilines is 1. The molecule has 0 aliphatic carbocycles. The number of nitrogens with one attached hydrogen (secondary N) is 1. The highest BCUT2D eigenvalue weighted by Gasteiger charge is 2.14. The summed E-state index contributed by atoms with van der Waals surface area (Å²) < 4.78 is 18.6. The predicted octanol–water partition coefficient (Wildman–Crippen LogP) is 3.48. The molecular weight excluding hydrogens is 434 g/mol. The van der Waals surface area contributed by atoms with Gasteiger partial charge in [0, 0.05) is 11.8 Å². The zero-order chi connectivity index (χ0) is 17.5. The lowest BCUT2D eigenvalue weighted by atomic mass is 10.1. The van der Waals surface area contributed by atoms with E-state index in [0.717, 1.165) is 17.0 Å². The van der Waals surface area contributed by atoms with Crippen LogP contribution in [0.4, 0.5) is 10.1 Å². The van der Waals surface area contributed by atoms with Crippen LogP contribution in [0.2, 0.25) is 0 Å². The molecule has 0 fully saturated rings. The number of aliphatic imine (C=N–C) groups is 1. The van der Waals surface area contributed by atoms with Gasteiger partial charge in [0.2, 0.25) is 0 Å². The van der Waals surface area contributed by atoms with E-state index in [2.05, 4.69) is 10.3 Å². The molecule has 7 heteroatoms. The third-order valence-electron chi connectivity index (χ3n) is 3.63. The number of nitrogens with two attached hydrogens (primary N) is 1. The Morgan fingerprint density at radius 2 is 1.96 bits per heavy atom. The van der Waals surface area contributed by atoms with Crippen LogP contribution >= 0.6 is 24.0 Å². The van der Waals surface area contributed by atoms with Crippen molar-refractivity contribution >= 4 is 35.6 Å². The van der Waals surface area contributed by atoms with Gasteiger partial charge in [0.1, 0.15) is 11.6 Å². The molecule has 0 spiro atoms. The van der Waals surface area contributed by atoms with Gasteiger partial charge in [-0.2, -0.15) is 0 Å². The fourth-order valence-electron chi connectivity index (χ4n) is 2.35. The number of ether oxygens (including phenoxy) is 1. The molecular formula is C18H24FIN4O. The fraction of sp³-hybridized carbons (Fsp3) is 0.278. The number of halogens is 2. The molecule has 5 nitrogen and oxygen atoms in total. The monoisotopic (exact) mass is 458 g/mol. The van der Waals surface area contributed by atoms with Crippen molar-refractivity contribution in [1.29, 1.82) is 0 Å². The minimum Gasteiger partial charge on any atom is -0.497 e. The molecule has 1 unspecified atom stereocenters. The predicted molar refractivity (Wildman–Crippen MR) is 111 cm³/mol. The van der Waals surface area contributed by atoms with Crippen LogP contribution < -0.4 is 15.8 Å². The van der Waals surface area contributed by atoms with Crippen LogP contribution in [0, 0.1) is 5.82 Å². The van der Waals surface area contributed by atoms with Gasteiger partial charge >= 0.3 is 0 Å². The molecule has 2 aromatic rings. The zero-order valence-electron chi connectivity index (χ0n) is 14.6. The Balaban J connectivity index is 0.00000312. The molecule has 136 valence electrons. The van der Waals surface area contributed by atoms with E-state index in [4.69, 9.17) is 10.5 Å². The Morgan fingerprint density at radius 1 is 1.24 bits per heavy atom. The average molecular weight is 458 g/mol. The summed E-state index contributed by atoms with van der Waals surface area (Å²) in [4.78, 5) is 6.36. The van der Waals surface area contributed by atoms with Crippen molar-refractivity contribution in [2.45, 2.75) is 6.04 Å². The van der Waals surface area contributed by atoms with Crippen molar-refractivity contribution in [1.82, 2.24) is 4.90 Å². The van der Waals surface area contributed by atoms with Gasteiger partial charge in [-0.1, -0.05) is 18.2 Å². The lowest BCUT2D eigenvalue weighted by Crippen LogP contribution is -2.27. The second-order valence-corrected chi connectivity index (χ2v) is 5.62. The Kier molecular flexibility index (Phi) is 8.64. The van der Waals surface area contributed by atoms with Crippen molar-refractivity contribution in [3.63, 3.8) is 0 Å². The van der Waals surface area contributed by atoms with Gasteiger partial charge in [-0.3, -0.25) is 4.99 Å². The van der Waals surface area contributed by atoms with Crippen molar-refractivity contribution in [2.24, 2.45) is 10.7 Å². The standard InChI is InChI=1S/C18H23FN4O.HI/c1-23(2)17(13-6-4-7-14(19)10-13)12-21-18(20)22-15-8-5-9-16(11-15)24-3;/h4-11,17H,12H2,1-3H3,(H3,20,21,22);1H. The maximum Gasteiger partial charge on any atom is 0.193 e. The molecule has 0 heterocycles. The first-order valence-corrected chi connectivity index (χ1v) is 7.62. The Labute approximate surface area is 165 Å². The first-order chi connectivity index (χ1) is 11.5. The number of hydrogen-bond donors (Lipinski definition) is 2. The highest BCUT2D eigenvalue weighted by Crippen LogP contribution is 2.20. The number of likely N-dealkylation sites (N-methyl/N-ethyl adjacent to an activating group) is 1. The second kappa shape index (κ2) is 10.2. The SMILES string of the molecule is COc1cccc(NC(N)=NCC(c2cccc(F)c2)N(C)C)c1.I. The molecule has 0 saturated heterocycles. The summed E-state index contributed by atoms with van der Waals surface area (Å²) in [7, 11) is 5.46. The molecule has 0 aliphatic heterocycles. The summed E-state index contributed by atoms with van der Waals surface area (Å²) in [5.41, 5.74) is 7.61. The normalized spacial score (nSPS) is 12.4. The quantitative estimate of drug-likeness (QED) is 0.396. The molecule has 0 saturated carbocycles. The van der Waals surface area contributed by atoms with Crippen LogP contribution in [0.1, 0.15) is 11.6 Å². The topological polar surface area (TPSA) is 62.9 Å². The number of benzene rings is 2. The lowest BCUT2D eigenvalue weighted by Gasteiger charge is -2.23. The van der Waals surface area contributed by atoms with Gasteiger partial charge in [0.25, 0.3) is 0 Å². The van der Waals surface area contributed by atoms with Gasteiger partial charge < -0.3 is 20.7 Å². The van der Waals surface area contributed by atoms with E-state index >= 15 is 0 Å². The molecule has 2 aromatic carbocycles. The van der Waals surface area contributed by atoms with Crippen LogP contribution in [0.15, 0.2) is 53.5 Å². The fourth-order valence-corrected chi connectivity index (χ4v) is 2.35. The number of nitrogens with zero attached hydrogens (tertiary/aromatic N) is 2. The van der Waals surface area contributed by atoms with E-state index in [0.29, 0.717) is 12.5 Å². The molecule has 25 heavy (non-hydrogen) atoms. The number of guanidine groups is 1. The highest BCUT2D eigenvalue weighted by atomic mass is 127. The van der Waals surface area contributed by atoms with Gasteiger partial charge in [0.15, 0.2) is 5.96 Å². The van der Waals surface area contributed by atoms with Crippen LogP contribution in [0.3, 0.4) is 0 Å². The Morgan fingerprint density at radius 3 is 2.60 bits per heavy atom. The highest BCUT2D eigenvalue weighted by molar-refractivity contribution is 14.0. The van der Waals surface area contributed by atoms with E-state index in [1.165, 1.54) is 12.1 Å². The van der Waals surface area contributed by atoms with Crippen LogP contribution in [0.25, 0.3) is 0 Å². The maximum absolute atomic E-state index is 13.4. The largest absolute Gasteiger partial charge is 0.497 e. The molecule has 0 aliphatic rings. The molecule has 1 atom stereocenters. The van der Waals surface area contributed by atoms with E-state index in [-0.39, 0.29) is 35.8 Å². The second-order valence-electron chi connectivity index (χ2n) is 5.62. The molecule has 0 amide bonds. The van der Waals surface area contributed by atoms with Gasteiger partial charge in [0.05, 0.1) is 19.7 Å². The average Bonchev–Trinajstić information content (AvgIpc) is 2.55. The molecule has 0 bridgehead atoms. The lowest BCUT2D eigenvalue weighted by molar-refractivity contribution is 0.306. The molecule has 2 rings (SSSR count). The minimum atomic E-state index is -0.259. The minimum absolute atomic E-state index is 0. The van der Waals surface area contributed by atoms with Crippen LogP contribution in [-0.4, -0.2) is 38.6 Å². The number of rotatable bonds is 6. The molecule has 0 aromatic heterocycles. The van der Waals surface area contributed by atoms with Gasteiger partial charge in [-0.05, 0) is 43.9 Å². The third-order valence-corrected chi connectivity index (χ3v) is 3.63. The van der Waals surface area contributed by atoms with Crippen LogP contribution in [-0.2, 0) is 0 Å². The summed E-state index contributed by atoms with van der Waals surface area (Å²) in [5, 5.41) is 3.03. The van der Waals surface area contributed by atoms with E-state index < -0.39 is 0 Å². The first-order valence-electron chi connectivity index (χ1n) is 7.62. The van der Waals surface area contributed by atoms with Gasteiger partial charge in [-0.15, -0.1) is 24.0 Å². The van der Waals surface area contributed by atoms with E-state index in [9.17, 15) is 4.39 Å². The Bertz CT molecular complexity index is 709. The zero-order valence-corrected chi connectivity index (χ0v) is 16.9. The maximum atomic E-state index is 13.4. The summed E-state index contributed by atoms with van der Waals surface area (Å²) in [5.74, 6) is 0.774. The van der Waals surface area contributed by atoms with Crippen LogP contribution in [0.5, 0.6) is 5.75 Å². The Hall–Kier alpha value is -1.87. The third kappa shape index (κ3) is 6.50. The number of methoxy groups -OCH3 is 1. The van der Waals surface area contributed by atoms with Crippen molar-refractivity contribution in [2.75, 3.05) is 33.1 Å². The van der Waals surface area contributed by atoms with E-state index in [1.54, 1.807) is 13.2 Å². The first kappa shape index (κ1) is 21.2. The van der Waals surface area contributed by atoms with E-state index in [1.807, 2.05) is 49.3 Å². The number of hydrogen-bond acceptors (Lipinski definition) is 3. The van der Waals surface area contributed by atoms with Crippen molar-refractivity contribution in [3.8, 4) is 5.75 Å². The molecule has 3 N–H and O–H groups in total. The summed E-state index contributed by atoms with van der Waals surface area (Å²) in [6.45, 7) is 0.416. The summed E-state index contributed by atoms with van der Waals surface area (Å²) in [6, 6.07) is 13.9. The molecule has 0 radical (unpaired) electrons. The summed E-state index contributed by atoms with van der Waals surface area (Å²) >= 11 is 0. The smallest absolute Gasteiger partial charge is 0.193 e. The van der Waals surface area contributed by atoms with Gasteiger partial charge in [-0.25, -0.2) is 4.39 Å².